The highest BCUT2D eigenvalue weighted by Gasteiger charge is 2.40. The van der Waals surface area contributed by atoms with Crippen molar-refractivity contribution in [2.45, 2.75) is 44.6 Å². The quantitative estimate of drug-likeness (QED) is 0.709. The number of carbonyl (C=O) groups excluding carboxylic acids is 1. The van der Waals surface area contributed by atoms with Crippen molar-refractivity contribution in [1.29, 1.82) is 0 Å². The van der Waals surface area contributed by atoms with Gasteiger partial charge in [-0.15, -0.1) is 6.42 Å². The Morgan fingerprint density at radius 3 is 2.47 bits per heavy atom. The number of piperazine rings is 1. The summed E-state index contributed by atoms with van der Waals surface area (Å²) in [6, 6.07) is 9.51. The number of aryl methyl sites for hydroxylation is 1. The minimum Gasteiger partial charge on any atom is -0.322 e. The first-order valence-electron chi connectivity index (χ1n) is 10.7. The van der Waals surface area contributed by atoms with Crippen molar-refractivity contribution in [3.05, 3.63) is 64.2 Å². The summed E-state index contributed by atoms with van der Waals surface area (Å²) in [6.07, 6.45) is 2.97. The number of benzene rings is 2. The van der Waals surface area contributed by atoms with Gasteiger partial charge in [0.15, 0.2) is 0 Å². The molecule has 168 valence electrons. The fourth-order valence-corrected chi connectivity index (χ4v) is 4.83. The molecule has 32 heavy (non-hydrogen) atoms. The number of nitrogens with zero attached hydrogens (tertiary/aromatic N) is 2. The number of hydrogen-bond donors (Lipinski definition) is 1. The zero-order valence-corrected chi connectivity index (χ0v) is 18.2. The first-order chi connectivity index (χ1) is 15.2. The summed E-state index contributed by atoms with van der Waals surface area (Å²) < 4.78 is 41.7. The molecule has 0 spiro atoms. The molecule has 0 saturated carbocycles. The van der Waals surface area contributed by atoms with Gasteiger partial charge in [0.25, 0.3) is 5.91 Å². The third kappa shape index (κ3) is 4.52. The maximum absolute atomic E-state index is 13.9. The van der Waals surface area contributed by atoms with Crippen LogP contribution in [0.2, 0.25) is 0 Å². The van der Waals surface area contributed by atoms with Crippen molar-refractivity contribution in [3.8, 4) is 12.3 Å². The lowest BCUT2D eigenvalue weighted by Crippen LogP contribution is -2.51. The second kappa shape index (κ2) is 8.61. The number of likely N-dealkylation sites (N-methyl/N-ethyl adjacent to an activating group) is 1. The highest BCUT2D eigenvalue weighted by molar-refractivity contribution is 6.04. The van der Waals surface area contributed by atoms with Gasteiger partial charge in [0.2, 0.25) is 0 Å². The van der Waals surface area contributed by atoms with Crippen LogP contribution in [-0.2, 0) is 12.7 Å². The molecule has 4 nitrogen and oxygen atoms in total. The second-order valence-electron chi connectivity index (χ2n) is 8.78. The van der Waals surface area contributed by atoms with E-state index in [1.54, 1.807) is 18.2 Å². The van der Waals surface area contributed by atoms with Gasteiger partial charge < -0.3 is 10.2 Å². The number of hydrogen-bond acceptors (Lipinski definition) is 3. The summed E-state index contributed by atoms with van der Waals surface area (Å²) in [7, 11) is 2.06. The van der Waals surface area contributed by atoms with Crippen LogP contribution in [0.4, 0.5) is 18.9 Å². The van der Waals surface area contributed by atoms with E-state index < -0.39 is 17.6 Å². The van der Waals surface area contributed by atoms with Gasteiger partial charge in [-0.2, -0.15) is 13.2 Å². The number of anilines is 1. The molecule has 0 radical (unpaired) electrons. The molecule has 2 fully saturated rings. The van der Waals surface area contributed by atoms with Crippen molar-refractivity contribution in [1.82, 2.24) is 9.80 Å². The predicted molar refractivity (Wildman–Crippen MR) is 118 cm³/mol. The first-order valence-corrected chi connectivity index (χ1v) is 10.7. The van der Waals surface area contributed by atoms with E-state index in [1.165, 1.54) is 12.1 Å². The minimum atomic E-state index is -4.51. The molecule has 2 aliphatic rings. The van der Waals surface area contributed by atoms with Crippen LogP contribution in [0, 0.1) is 19.3 Å². The molecule has 2 bridgehead atoms. The van der Waals surface area contributed by atoms with Crippen LogP contribution in [0.5, 0.6) is 0 Å². The van der Waals surface area contributed by atoms with Crippen LogP contribution in [0.25, 0.3) is 0 Å². The number of terminal acetylenes is 1. The number of carbonyl (C=O) groups is 1. The molecule has 2 heterocycles. The summed E-state index contributed by atoms with van der Waals surface area (Å²) >= 11 is 0. The Balaban J connectivity index is 1.57. The van der Waals surface area contributed by atoms with E-state index in [9.17, 15) is 18.0 Å². The molecule has 2 saturated heterocycles. The summed E-state index contributed by atoms with van der Waals surface area (Å²) in [5, 5.41) is 2.58. The predicted octanol–water partition coefficient (Wildman–Crippen LogP) is 4.53. The SMILES string of the molecule is C#Cc1cc(C(=O)Nc2ccc(CN3C4CCC3CN(C)C4)c(C(F)(F)F)c2)ccc1C. The van der Waals surface area contributed by atoms with Gasteiger partial charge >= 0.3 is 6.18 Å². The van der Waals surface area contributed by atoms with Crippen LogP contribution < -0.4 is 5.32 Å². The summed E-state index contributed by atoms with van der Waals surface area (Å²) in [4.78, 5) is 17.1. The molecule has 7 heteroatoms. The number of amides is 1. The maximum Gasteiger partial charge on any atom is 0.416 e. The molecule has 4 rings (SSSR count). The highest BCUT2D eigenvalue weighted by Crippen LogP contribution is 2.37. The fraction of sp³-hybridized carbons (Fsp3) is 0.400. The van der Waals surface area contributed by atoms with Crippen LogP contribution in [-0.4, -0.2) is 47.9 Å². The molecular formula is C25H26F3N3O. The average molecular weight is 441 g/mol. The average Bonchev–Trinajstić information content (AvgIpc) is 2.97. The minimum absolute atomic E-state index is 0.107. The fourth-order valence-electron chi connectivity index (χ4n) is 4.83. The molecular weight excluding hydrogens is 415 g/mol. The van der Waals surface area contributed by atoms with E-state index in [2.05, 4.69) is 28.1 Å². The Kier molecular flexibility index (Phi) is 6.02. The summed E-state index contributed by atoms with van der Waals surface area (Å²) in [6.45, 7) is 3.85. The number of alkyl halides is 3. The maximum atomic E-state index is 13.9. The van der Waals surface area contributed by atoms with E-state index in [4.69, 9.17) is 6.42 Å². The molecule has 1 amide bonds. The van der Waals surface area contributed by atoms with Crippen molar-refractivity contribution < 1.29 is 18.0 Å². The number of likely N-dealkylation sites (tertiary alicyclic amines) is 1. The van der Waals surface area contributed by atoms with Crippen LogP contribution in [0.1, 0.15) is 45.5 Å². The standard InChI is InChI=1S/C25H26F3N3O/c1-4-17-11-18(6-5-16(17)2)24(32)29-20-8-7-19(23(12-20)25(26,27)28)13-31-21-9-10-22(31)15-30(3)14-21/h1,5-8,11-12,21-22H,9-10,13-15H2,2-3H3,(H,29,32). The molecule has 2 unspecified atom stereocenters. The Morgan fingerprint density at radius 1 is 1.16 bits per heavy atom. The van der Waals surface area contributed by atoms with Gasteiger partial charge in [0.1, 0.15) is 0 Å². The van der Waals surface area contributed by atoms with E-state index in [-0.39, 0.29) is 29.9 Å². The van der Waals surface area contributed by atoms with Gasteiger partial charge in [-0.25, -0.2) is 0 Å². The highest BCUT2D eigenvalue weighted by atomic mass is 19.4. The van der Waals surface area contributed by atoms with Crippen LogP contribution in [0.3, 0.4) is 0 Å². The normalized spacial score (nSPS) is 21.4. The number of fused-ring (bicyclic) bond motifs is 2. The van der Waals surface area contributed by atoms with Gasteiger partial charge in [0.05, 0.1) is 5.56 Å². The van der Waals surface area contributed by atoms with E-state index in [0.717, 1.165) is 37.6 Å². The Morgan fingerprint density at radius 2 is 1.84 bits per heavy atom. The Bertz CT molecular complexity index is 1060. The zero-order valence-electron chi connectivity index (χ0n) is 18.2. The van der Waals surface area contributed by atoms with Crippen molar-refractivity contribution in [2.24, 2.45) is 0 Å². The first kappa shape index (κ1) is 22.4. The number of nitrogens with one attached hydrogen (secondary N) is 1. The van der Waals surface area contributed by atoms with E-state index in [1.807, 2.05) is 6.92 Å². The zero-order chi connectivity index (χ0) is 23.0. The lowest BCUT2D eigenvalue weighted by atomic mass is 10.0. The third-order valence-corrected chi connectivity index (χ3v) is 6.50. The topological polar surface area (TPSA) is 35.6 Å². The molecule has 2 aromatic carbocycles. The second-order valence-corrected chi connectivity index (χ2v) is 8.78. The molecule has 2 aliphatic heterocycles. The molecule has 0 aromatic heterocycles. The summed E-state index contributed by atoms with van der Waals surface area (Å²) in [5.41, 5.74) is 1.37. The largest absolute Gasteiger partial charge is 0.416 e. The molecule has 2 atom stereocenters. The number of halogens is 3. The lowest BCUT2D eigenvalue weighted by molar-refractivity contribution is -0.138. The van der Waals surface area contributed by atoms with Crippen molar-refractivity contribution >= 4 is 11.6 Å². The van der Waals surface area contributed by atoms with Gasteiger partial charge in [-0.1, -0.05) is 18.1 Å². The van der Waals surface area contributed by atoms with Crippen LogP contribution >= 0.6 is 0 Å². The van der Waals surface area contributed by atoms with E-state index in [0.29, 0.717) is 11.1 Å². The molecule has 2 aromatic rings. The van der Waals surface area contributed by atoms with E-state index >= 15 is 0 Å². The monoisotopic (exact) mass is 441 g/mol. The van der Waals surface area contributed by atoms with Crippen molar-refractivity contribution in [2.75, 3.05) is 25.5 Å². The smallest absolute Gasteiger partial charge is 0.322 e. The van der Waals surface area contributed by atoms with Gasteiger partial charge in [-0.3, -0.25) is 9.69 Å². The van der Waals surface area contributed by atoms with Gasteiger partial charge in [-0.05, 0) is 62.2 Å². The summed E-state index contributed by atoms with van der Waals surface area (Å²) in [5.74, 6) is 2.01. The lowest BCUT2D eigenvalue weighted by Gasteiger charge is -2.39. The Hall–Kier alpha value is -2.82. The van der Waals surface area contributed by atoms with Gasteiger partial charge in [0, 0.05) is 48.5 Å². The molecule has 0 aliphatic carbocycles. The number of rotatable bonds is 4. The Labute approximate surface area is 186 Å². The third-order valence-electron chi connectivity index (χ3n) is 6.50. The van der Waals surface area contributed by atoms with Crippen LogP contribution in [0.15, 0.2) is 36.4 Å². The molecule has 1 N–H and O–H groups in total. The van der Waals surface area contributed by atoms with Crippen molar-refractivity contribution in [3.63, 3.8) is 0 Å².